The van der Waals surface area contributed by atoms with Gasteiger partial charge in [0.05, 0.1) is 0 Å². The van der Waals surface area contributed by atoms with Gasteiger partial charge in [0, 0.05) is 11.5 Å². The fraction of sp³-hybridized carbons (Fsp3) is 0.600. The Labute approximate surface area is 103 Å². The molecular weight excluding hydrogens is 213 g/mol. The zero-order valence-electron chi connectivity index (χ0n) is 10.7. The van der Waals surface area contributed by atoms with Crippen molar-refractivity contribution in [2.45, 2.75) is 51.0 Å². The van der Waals surface area contributed by atoms with E-state index in [4.69, 9.17) is 5.73 Å². The molecule has 1 saturated carbocycles. The fourth-order valence-corrected chi connectivity index (χ4v) is 3.00. The number of halogens is 1. The lowest BCUT2D eigenvalue weighted by Crippen LogP contribution is -2.51. The van der Waals surface area contributed by atoms with Crippen LogP contribution in [0.15, 0.2) is 24.3 Å². The maximum Gasteiger partial charge on any atom is 0.127 e. The highest BCUT2D eigenvalue weighted by molar-refractivity contribution is 5.31. The third-order valence-corrected chi connectivity index (χ3v) is 4.09. The van der Waals surface area contributed by atoms with Crippen LogP contribution in [0.5, 0.6) is 0 Å². The van der Waals surface area contributed by atoms with Gasteiger partial charge in [0.25, 0.3) is 0 Å². The highest BCUT2D eigenvalue weighted by atomic mass is 19.1. The Hall–Kier alpha value is -0.890. The van der Waals surface area contributed by atoms with Gasteiger partial charge in [0.1, 0.15) is 5.82 Å². The molecule has 1 aromatic rings. The molecule has 94 valence electrons. The van der Waals surface area contributed by atoms with Gasteiger partial charge >= 0.3 is 0 Å². The van der Waals surface area contributed by atoms with Crippen LogP contribution >= 0.6 is 0 Å². The van der Waals surface area contributed by atoms with E-state index in [0.717, 1.165) is 24.8 Å². The maximum atomic E-state index is 13.9. The zero-order valence-corrected chi connectivity index (χ0v) is 10.7. The van der Waals surface area contributed by atoms with Crippen LogP contribution in [0.2, 0.25) is 0 Å². The molecule has 17 heavy (non-hydrogen) atoms. The molecule has 0 amide bonds. The summed E-state index contributed by atoms with van der Waals surface area (Å²) in [5.74, 6) is 0.473. The van der Waals surface area contributed by atoms with Gasteiger partial charge in [0.15, 0.2) is 0 Å². The monoisotopic (exact) mass is 235 g/mol. The van der Waals surface area contributed by atoms with E-state index >= 15 is 0 Å². The second-order valence-electron chi connectivity index (χ2n) is 5.73. The van der Waals surface area contributed by atoms with E-state index in [1.807, 2.05) is 12.1 Å². The van der Waals surface area contributed by atoms with Crippen molar-refractivity contribution in [3.63, 3.8) is 0 Å². The molecule has 0 aromatic heterocycles. The number of hydrogen-bond acceptors (Lipinski definition) is 1. The molecule has 1 aliphatic rings. The average molecular weight is 235 g/mol. The molecule has 1 atom stereocenters. The fourth-order valence-electron chi connectivity index (χ4n) is 3.00. The third-order valence-electron chi connectivity index (χ3n) is 4.09. The number of benzene rings is 1. The van der Waals surface area contributed by atoms with Crippen molar-refractivity contribution >= 4 is 0 Å². The number of nitrogens with two attached hydrogens (primary N) is 1. The largest absolute Gasteiger partial charge is 0.327 e. The van der Waals surface area contributed by atoms with Gasteiger partial charge < -0.3 is 5.73 Å². The molecule has 0 bridgehead atoms. The second kappa shape index (κ2) is 4.77. The van der Waals surface area contributed by atoms with Crippen molar-refractivity contribution in [1.29, 1.82) is 0 Å². The van der Waals surface area contributed by atoms with Gasteiger partial charge in [-0.3, -0.25) is 0 Å². The minimum atomic E-state index is -0.102. The zero-order chi connectivity index (χ0) is 12.5. The lowest BCUT2D eigenvalue weighted by Gasteiger charge is -2.47. The van der Waals surface area contributed by atoms with Crippen molar-refractivity contribution in [1.82, 2.24) is 0 Å². The predicted molar refractivity (Wildman–Crippen MR) is 69.4 cm³/mol. The van der Waals surface area contributed by atoms with Crippen molar-refractivity contribution < 1.29 is 4.39 Å². The summed E-state index contributed by atoms with van der Waals surface area (Å²) >= 11 is 0. The Morgan fingerprint density at radius 2 is 1.94 bits per heavy atom. The summed E-state index contributed by atoms with van der Waals surface area (Å²) in [6.45, 7) is 4.35. The molecule has 0 heterocycles. The lowest BCUT2D eigenvalue weighted by molar-refractivity contribution is 0.172. The van der Waals surface area contributed by atoms with Gasteiger partial charge in [-0.15, -0.1) is 0 Å². The van der Waals surface area contributed by atoms with Crippen molar-refractivity contribution in [3.05, 3.63) is 35.6 Å². The van der Waals surface area contributed by atoms with E-state index in [9.17, 15) is 4.39 Å². The Kier molecular flexibility index (Phi) is 3.53. The molecule has 0 saturated heterocycles. The van der Waals surface area contributed by atoms with Crippen molar-refractivity contribution in [3.8, 4) is 0 Å². The summed E-state index contributed by atoms with van der Waals surface area (Å²) in [4.78, 5) is 0. The molecule has 1 fully saturated rings. The lowest BCUT2D eigenvalue weighted by atomic mass is 9.59. The highest BCUT2D eigenvalue weighted by Crippen LogP contribution is 2.47. The Morgan fingerprint density at radius 3 is 2.41 bits per heavy atom. The topological polar surface area (TPSA) is 26.0 Å². The minimum absolute atomic E-state index is 0.0770. The van der Waals surface area contributed by atoms with Gasteiger partial charge in [-0.05, 0) is 36.8 Å². The van der Waals surface area contributed by atoms with E-state index in [1.54, 1.807) is 12.1 Å². The molecular formula is C15H22FN. The molecule has 1 unspecified atom stereocenters. The van der Waals surface area contributed by atoms with E-state index in [-0.39, 0.29) is 17.3 Å². The van der Waals surface area contributed by atoms with Crippen molar-refractivity contribution in [2.75, 3.05) is 0 Å². The van der Waals surface area contributed by atoms with Gasteiger partial charge in [-0.2, -0.15) is 0 Å². The first-order valence-electron chi connectivity index (χ1n) is 6.57. The van der Waals surface area contributed by atoms with Crippen LogP contribution in [0.1, 0.15) is 45.1 Å². The number of rotatable bonds is 4. The Bertz CT molecular complexity index is 382. The molecule has 0 aliphatic heterocycles. The van der Waals surface area contributed by atoms with Crippen LogP contribution in [0.25, 0.3) is 0 Å². The second-order valence-corrected chi connectivity index (χ2v) is 5.73. The predicted octanol–water partition coefficient (Wildman–Crippen LogP) is 3.62. The van der Waals surface area contributed by atoms with Gasteiger partial charge in [-0.25, -0.2) is 4.39 Å². The van der Waals surface area contributed by atoms with Crippen LogP contribution < -0.4 is 5.73 Å². The normalized spacial score (nSPS) is 20.1. The average Bonchev–Trinajstić information content (AvgIpc) is 2.18. The van der Waals surface area contributed by atoms with E-state index < -0.39 is 0 Å². The summed E-state index contributed by atoms with van der Waals surface area (Å²) in [5.41, 5.74) is 7.08. The van der Waals surface area contributed by atoms with E-state index in [2.05, 4.69) is 13.8 Å². The van der Waals surface area contributed by atoms with Crippen LogP contribution in [-0.2, 0) is 5.41 Å². The first-order chi connectivity index (χ1) is 8.06. The SMILES string of the molecule is CC(C)CC(N)C1(c2ccccc2F)CCC1. The first-order valence-corrected chi connectivity index (χ1v) is 6.57. The highest BCUT2D eigenvalue weighted by Gasteiger charge is 2.45. The third kappa shape index (κ3) is 2.23. The molecule has 0 spiro atoms. The molecule has 1 nitrogen and oxygen atoms in total. The minimum Gasteiger partial charge on any atom is -0.327 e. The molecule has 2 N–H and O–H groups in total. The maximum absolute atomic E-state index is 13.9. The molecule has 2 rings (SSSR count). The molecule has 1 aromatic carbocycles. The van der Waals surface area contributed by atoms with Gasteiger partial charge in [0.2, 0.25) is 0 Å². The smallest absolute Gasteiger partial charge is 0.127 e. The van der Waals surface area contributed by atoms with Crippen LogP contribution in [0.4, 0.5) is 4.39 Å². The Morgan fingerprint density at radius 1 is 1.29 bits per heavy atom. The van der Waals surface area contributed by atoms with E-state index in [1.165, 1.54) is 6.42 Å². The quantitative estimate of drug-likeness (QED) is 0.847. The summed E-state index contributed by atoms with van der Waals surface area (Å²) < 4.78 is 13.9. The number of hydrogen-bond donors (Lipinski definition) is 1. The van der Waals surface area contributed by atoms with Gasteiger partial charge in [-0.1, -0.05) is 38.5 Å². The van der Waals surface area contributed by atoms with Crippen LogP contribution in [0.3, 0.4) is 0 Å². The molecule has 2 heteroatoms. The first kappa shape index (κ1) is 12.6. The van der Waals surface area contributed by atoms with E-state index in [0.29, 0.717) is 5.92 Å². The molecule has 1 aliphatic carbocycles. The van der Waals surface area contributed by atoms with Crippen molar-refractivity contribution in [2.24, 2.45) is 11.7 Å². The van der Waals surface area contributed by atoms with Crippen LogP contribution in [-0.4, -0.2) is 6.04 Å². The summed E-state index contributed by atoms with van der Waals surface area (Å²) in [6, 6.07) is 7.21. The summed E-state index contributed by atoms with van der Waals surface area (Å²) in [6.07, 6.45) is 4.19. The summed E-state index contributed by atoms with van der Waals surface area (Å²) in [5, 5.41) is 0. The van der Waals surface area contributed by atoms with Crippen LogP contribution in [0, 0.1) is 11.7 Å². The Balaban J connectivity index is 2.28. The summed E-state index contributed by atoms with van der Waals surface area (Å²) in [7, 11) is 0. The standard InChI is InChI=1S/C15H22FN/c1-11(2)10-14(17)15(8-5-9-15)12-6-3-4-7-13(12)16/h3-4,6-7,11,14H,5,8-10,17H2,1-2H3. The molecule has 0 radical (unpaired) electrons.